The Balaban J connectivity index is 2.23. The molecule has 0 saturated carbocycles. The summed E-state index contributed by atoms with van der Waals surface area (Å²) in [4.78, 5) is 0. The summed E-state index contributed by atoms with van der Waals surface area (Å²) in [5.41, 5.74) is 1.69. The van der Waals surface area contributed by atoms with E-state index in [-0.39, 0.29) is 0 Å². The van der Waals surface area contributed by atoms with Crippen LogP contribution in [-0.4, -0.2) is 27.8 Å². The van der Waals surface area contributed by atoms with Crippen molar-refractivity contribution in [3.8, 4) is 17.0 Å². The van der Waals surface area contributed by atoms with Crippen LogP contribution in [0.3, 0.4) is 0 Å². The summed E-state index contributed by atoms with van der Waals surface area (Å²) in [6, 6.07) is 9.59. The van der Waals surface area contributed by atoms with E-state index in [9.17, 15) is 0 Å². The molecule has 0 saturated heterocycles. The fourth-order valence-corrected chi connectivity index (χ4v) is 1.76. The summed E-state index contributed by atoms with van der Waals surface area (Å²) >= 11 is 0. The molecule has 6 heteroatoms. The standard InChI is InChI=1S/C14H18N4O2/c1-3-8-20-13-7-5-4-6-11(13)12-9-14(17-16-12)15-10(2)18-19/h4-7,9,19H,3,8H2,1-2H3,(H2,15,16,17,18). The Morgan fingerprint density at radius 1 is 1.45 bits per heavy atom. The Labute approximate surface area is 117 Å². The van der Waals surface area contributed by atoms with Gasteiger partial charge in [-0.3, -0.25) is 5.10 Å². The number of nitrogens with one attached hydrogen (secondary N) is 2. The molecule has 2 rings (SSSR count). The number of nitrogens with zero attached hydrogens (tertiary/aromatic N) is 2. The Morgan fingerprint density at radius 3 is 3.00 bits per heavy atom. The Bertz CT molecular complexity index is 592. The lowest BCUT2D eigenvalue weighted by Crippen LogP contribution is -2.06. The van der Waals surface area contributed by atoms with Gasteiger partial charge in [-0.25, -0.2) is 0 Å². The summed E-state index contributed by atoms with van der Waals surface area (Å²) in [6.45, 7) is 4.39. The minimum atomic E-state index is 0.385. The Kier molecular flexibility index (Phi) is 4.60. The third-order valence-electron chi connectivity index (χ3n) is 2.67. The molecule has 0 aliphatic carbocycles. The molecule has 0 spiro atoms. The lowest BCUT2D eigenvalue weighted by Gasteiger charge is -2.08. The van der Waals surface area contributed by atoms with Crippen molar-refractivity contribution in [2.45, 2.75) is 20.3 Å². The molecule has 0 fully saturated rings. The fraction of sp³-hybridized carbons (Fsp3) is 0.286. The number of para-hydroxylation sites is 1. The van der Waals surface area contributed by atoms with Crippen molar-refractivity contribution in [1.29, 1.82) is 0 Å². The predicted molar refractivity (Wildman–Crippen MR) is 78.3 cm³/mol. The van der Waals surface area contributed by atoms with Gasteiger partial charge >= 0.3 is 0 Å². The zero-order valence-corrected chi connectivity index (χ0v) is 11.6. The van der Waals surface area contributed by atoms with Crippen LogP contribution in [0.5, 0.6) is 5.75 Å². The minimum absolute atomic E-state index is 0.385. The Morgan fingerprint density at radius 2 is 2.25 bits per heavy atom. The number of ether oxygens (including phenoxy) is 1. The lowest BCUT2D eigenvalue weighted by molar-refractivity contribution is 0.318. The summed E-state index contributed by atoms with van der Waals surface area (Å²) in [6.07, 6.45) is 0.952. The molecule has 0 aliphatic heterocycles. The number of hydrogen-bond donors (Lipinski definition) is 3. The minimum Gasteiger partial charge on any atom is -0.493 e. The van der Waals surface area contributed by atoms with Crippen molar-refractivity contribution in [3.05, 3.63) is 30.3 Å². The highest BCUT2D eigenvalue weighted by atomic mass is 16.5. The number of hydrogen-bond acceptors (Lipinski definition) is 4. The second kappa shape index (κ2) is 6.60. The highest BCUT2D eigenvalue weighted by molar-refractivity contribution is 5.92. The first kappa shape index (κ1) is 13.9. The number of amidine groups is 1. The molecular formula is C14H18N4O2. The van der Waals surface area contributed by atoms with Gasteiger partial charge in [0.1, 0.15) is 17.4 Å². The van der Waals surface area contributed by atoms with Crippen molar-refractivity contribution >= 4 is 11.7 Å². The average Bonchev–Trinajstić information content (AvgIpc) is 2.93. The zero-order valence-electron chi connectivity index (χ0n) is 11.6. The Hall–Kier alpha value is -2.50. The van der Waals surface area contributed by atoms with Crippen molar-refractivity contribution < 1.29 is 9.94 Å². The van der Waals surface area contributed by atoms with E-state index in [1.54, 1.807) is 6.92 Å². The van der Waals surface area contributed by atoms with Gasteiger partial charge in [-0.05, 0) is 25.5 Å². The first-order chi connectivity index (χ1) is 9.74. The number of rotatable bonds is 5. The first-order valence-electron chi connectivity index (χ1n) is 6.48. The van der Waals surface area contributed by atoms with Gasteiger partial charge in [0.25, 0.3) is 0 Å². The monoisotopic (exact) mass is 274 g/mol. The fourth-order valence-electron chi connectivity index (χ4n) is 1.76. The molecule has 2 aromatic rings. The smallest absolute Gasteiger partial charge is 0.144 e. The van der Waals surface area contributed by atoms with E-state index in [2.05, 4.69) is 27.6 Å². The van der Waals surface area contributed by atoms with E-state index in [1.807, 2.05) is 30.3 Å². The van der Waals surface area contributed by atoms with Gasteiger partial charge < -0.3 is 15.3 Å². The van der Waals surface area contributed by atoms with Crippen LogP contribution in [0.15, 0.2) is 35.5 Å². The van der Waals surface area contributed by atoms with Crippen LogP contribution in [0.4, 0.5) is 5.82 Å². The van der Waals surface area contributed by atoms with Crippen molar-refractivity contribution in [1.82, 2.24) is 10.2 Å². The molecule has 0 amide bonds. The van der Waals surface area contributed by atoms with Gasteiger partial charge in [-0.1, -0.05) is 24.2 Å². The predicted octanol–water partition coefficient (Wildman–Crippen LogP) is 3.08. The van der Waals surface area contributed by atoms with Crippen molar-refractivity contribution in [2.24, 2.45) is 5.16 Å². The van der Waals surface area contributed by atoms with E-state index in [4.69, 9.17) is 9.94 Å². The van der Waals surface area contributed by atoms with E-state index in [1.165, 1.54) is 0 Å². The summed E-state index contributed by atoms with van der Waals surface area (Å²) < 4.78 is 5.71. The normalized spacial score (nSPS) is 11.4. The molecule has 1 heterocycles. The maximum absolute atomic E-state index is 8.63. The molecule has 106 valence electrons. The van der Waals surface area contributed by atoms with Crippen LogP contribution in [0.1, 0.15) is 20.3 Å². The highest BCUT2D eigenvalue weighted by Crippen LogP contribution is 2.29. The molecule has 0 unspecified atom stereocenters. The molecule has 0 atom stereocenters. The van der Waals surface area contributed by atoms with Crippen molar-refractivity contribution in [2.75, 3.05) is 11.9 Å². The van der Waals surface area contributed by atoms with Crippen molar-refractivity contribution in [3.63, 3.8) is 0 Å². The summed E-state index contributed by atoms with van der Waals surface area (Å²) in [5.74, 6) is 1.84. The van der Waals surface area contributed by atoms with Gasteiger partial charge in [0.05, 0.1) is 12.3 Å². The molecule has 6 nitrogen and oxygen atoms in total. The number of aromatic nitrogens is 2. The number of anilines is 1. The maximum atomic E-state index is 8.63. The summed E-state index contributed by atoms with van der Waals surface area (Å²) in [5, 5.41) is 21.7. The number of benzene rings is 1. The second-order valence-electron chi connectivity index (χ2n) is 4.32. The molecule has 20 heavy (non-hydrogen) atoms. The van der Waals surface area contributed by atoms with Gasteiger partial charge in [0.2, 0.25) is 0 Å². The molecule has 0 bridgehead atoms. The molecule has 0 radical (unpaired) electrons. The molecule has 1 aromatic carbocycles. The SMILES string of the molecule is CCCOc1ccccc1-c1cc(N/C(C)=N/O)[nH]n1. The first-order valence-corrected chi connectivity index (χ1v) is 6.48. The van der Waals surface area contributed by atoms with Gasteiger partial charge in [-0.15, -0.1) is 0 Å². The number of oxime groups is 1. The zero-order chi connectivity index (χ0) is 14.4. The van der Waals surface area contributed by atoms with Gasteiger partial charge in [-0.2, -0.15) is 5.10 Å². The van der Waals surface area contributed by atoms with E-state index < -0.39 is 0 Å². The van der Waals surface area contributed by atoms with E-state index >= 15 is 0 Å². The largest absolute Gasteiger partial charge is 0.493 e. The van der Waals surface area contributed by atoms with Crippen LogP contribution < -0.4 is 10.1 Å². The summed E-state index contributed by atoms with van der Waals surface area (Å²) in [7, 11) is 0. The van der Waals surface area contributed by atoms with E-state index in [0.717, 1.165) is 23.4 Å². The van der Waals surface area contributed by atoms with Gasteiger partial charge in [0, 0.05) is 11.6 Å². The van der Waals surface area contributed by atoms with Crippen LogP contribution in [0.2, 0.25) is 0 Å². The maximum Gasteiger partial charge on any atom is 0.144 e. The van der Waals surface area contributed by atoms with Crippen LogP contribution >= 0.6 is 0 Å². The highest BCUT2D eigenvalue weighted by Gasteiger charge is 2.09. The molecular weight excluding hydrogens is 256 g/mol. The van der Waals surface area contributed by atoms with Crippen LogP contribution in [0.25, 0.3) is 11.3 Å². The van der Waals surface area contributed by atoms with Crippen LogP contribution in [-0.2, 0) is 0 Å². The van der Waals surface area contributed by atoms with E-state index in [0.29, 0.717) is 18.3 Å². The lowest BCUT2D eigenvalue weighted by atomic mass is 10.1. The molecule has 1 aromatic heterocycles. The molecule has 0 aliphatic rings. The topological polar surface area (TPSA) is 82.5 Å². The average molecular weight is 274 g/mol. The number of H-pyrrole nitrogens is 1. The number of aromatic amines is 1. The second-order valence-corrected chi connectivity index (χ2v) is 4.32. The third kappa shape index (κ3) is 3.28. The van der Waals surface area contributed by atoms with Crippen LogP contribution in [0, 0.1) is 0 Å². The van der Waals surface area contributed by atoms with Gasteiger partial charge in [0.15, 0.2) is 0 Å². The quantitative estimate of drug-likeness (QED) is 0.338. The third-order valence-corrected chi connectivity index (χ3v) is 2.67. The molecule has 3 N–H and O–H groups in total.